The van der Waals surface area contributed by atoms with Gasteiger partial charge in [0.25, 0.3) is 0 Å². The standard InChI is InChI=1S/C14H19ClO2/c1-2-17-14(16)10-5-3-4-7-12-8-6-9-13(15)11-12/h6,8-9,11H,2-5,7,10H2,1H3. The van der Waals surface area contributed by atoms with Crippen molar-refractivity contribution in [3.05, 3.63) is 34.9 Å². The van der Waals surface area contributed by atoms with Gasteiger partial charge in [0.2, 0.25) is 0 Å². The molecular weight excluding hydrogens is 236 g/mol. The molecule has 0 heterocycles. The average molecular weight is 255 g/mol. The topological polar surface area (TPSA) is 26.3 Å². The molecule has 17 heavy (non-hydrogen) atoms. The number of halogens is 1. The molecule has 0 saturated heterocycles. The minimum absolute atomic E-state index is 0.0877. The number of ether oxygens (including phenoxy) is 1. The molecule has 1 aromatic carbocycles. The van der Waals surface area contributed by atoms with Gasteiger partial charge in [-0.1, -0.05) is 30.2 Å². The van der Waals surface area contributed by atoms with Gasteiger partial charge >= 0.3 is 5.97 Å². The third-order valence-electron chi connectivity index (χ3n) is 2.54. The van der Waals surface area contributed by atoms with Gasteiger partial charge in [0, 0.05) is 11.4 Å². The monoisotopic (exact) mass is 254 g/mol. The maximum Gasteiger partial charge on any atom is 0.305 e. The molecule has 3 heteroatoms. The Morgan fingerprint density at radius 3 is 2.82 bits per heavy atom. The highest BCUT2D eigenvalue weighted by atomic mass is 35.5. The summed E-state index contributed by atoms with van der Waals surface area (Å²) >= 11 is 5.90. The van der Waals surface area contributed by atoms with Crippen molar-refractivity contribution in [2.75, 3.05) is 6.61 Å². The van der Waals surface area contributed by atoms with E-state index in [4.69, 9.17) is 16.3 Å². The van der Waals surface area contributed by atoms with Gasteiger partial charge in [-0.2, -0.15) is 0 Å². The second kappa shape index (κ2) is 8.13. The Morgan fingerprint density at radius 1 is 1.29 bits per heavy atom. The first-order chi connectivity index (χ1) is 8.22. The largest absolute Gasteiger partial charge is 0.466 e. The quantitative estimate of drug-likeness (QED) is 0.543. The fourth-order valence-corrected chi connectivity index (χ4v) is 1.91. The molecule has 0 aliphatic heterocycles. The molecule has 2 nitrogen and oxygen atoms in total. The van der Waals surface area contributed by atoms with E-state index in [2.05, 4.69) is 6.07 Å². The first kappa shape index (κ1) is 14.0. The molecule has 0 N–H and O–H groups in total. The van der Waals surface area contributed by atoms with Crippen LogP contribution in [0.25, 0.3) is 0 Å². The zero-order chi connectivity index (χ0) is 12.5. The number of carbonyl (C=O) groups excluding carboxylic acids is 1. The van der Waals surface area contributed by atoms with E-state index in [1.807, 2.05) is 25.1 Å². The molecule has 0 fully saturated rings. The van der Waals surface area contributed by atoms with Gasteiger partial charge in [-0.3, -0.25) is 4.79 Å². The van der Waals surface area contributed by atoms with Crippen LogP contribution in [0.15, 0.2) is 24.3 Å². The zero-order valence-electron chi connectivity index (χ0n) is 10.2. The summed E-state index contributed by atoms with van der Waals surface area (Å²) in [5.74, 6) is -0.0877. The van der Waals surface area contributed by atoms with Crippen molar-refractivity contribution in [1.29, 1.82) is 0 Å². The number of esters is 1. The average Bonchev–Trinajstić information content (AvgIpc) is 2.29. The van der Waals surface area contributed by atoms with Crippen LogP contribution in [0.1, 0.15) is 38.2 Å². The van der Waals surface area contributed by atoms with Crippen molar-refractivity contribution in [3.8, 4) is 0 Å². The Bertz CT molecular complexity index is 350. The van der Waals surface area contributed by atoms with E-state index < -0.39 is 0 Å². The minimum atomic E-state index is -0.0877. The van der Waals surface area contributed by atoms with Crippen LogP contribution in [0.3, 0.4) is 0 Å². The van der Waals surface area contributed by atoms with Crippen LogP contribution >= 0.6 is 11.6 Å². The smallest absolute Gasteiger partial charge is 0.305 e. The summed E-state index contributed by atoms with van der Waals surface area (Å²) in [7, 11) is 0. The van der Waals surface area contributed by atoms with Crippen LogP contribution < -0.4 is 0 Å². The first-order valence-corrected chi connectivity index (χ1v) is 6.50. The van der Waals surface area contributed by atoms with Crippen molar-refractivity contribution >= 4 is 17.6 Å². The molecule has 0 aliphatic carbocycles. The van der Waals surface area contributed by atoms with E-state index in [0.29, 0.717) is 13.0 Å². The van der Waals surface area contributed by atoms with Crippen LogP contribution in [-0.2, 0) is 16.0 Å². The number of unbranched alkanes of at least 4 members (excludes halogenated alkanes) is 2. The normalized spacial score (nSPS) is 10.2. The van der Waals surface area contributed by atoms with Crippen molar-refractivity contribution in [3.63, 3.8) is 0 Å². The summed E-state index contributed by atoms with van der Waals surface area (Å²) < 4.78 is 4.87. The van der Waals surface area contributed by atoms with Gasteiger partial charge in [-0.15, -0.1) is 0 Å². The van der Waals surface area contributed by atoms with E-state index in [-0.39, 0.29) is 5.97 Å². The maximum atomic E-state index is 11.1. The van der Waals surface area contributed by atoms with E-state index in [9.17, 15) is 4.79 Å². The Balaban J connectivity index is 2.10. The van der Waals surface area contributed by atoms with Crippen molar-refractivity contribution in [2.45, 2.75) is 39.0 Å². The lowest BCUT2D eigenvalue weighted by atomic mass is 10.1. The number of hydrogen-bond acceptors (Lipinski definition) is 2. The molecule has 0 amide bonds. The van der Waals surface area contributed by atoms with E-state index in [1.165, 1.54) is 5.56 Å². The van der Waals surface area contributed by atoms with Gasteiger partial charge in [0.1, 0.15) is 0 Å². The van der Waals surface area contributed by atoms with E-state index >= 15 is 0 Å². The molecule has 0 spiro atoms. The lowest BCUT2D eigenvalue weighted by Crippen LogP contribution is -2.03. The molecular formula is C14H19ClO2. The summed E-state index contributed by atoms with van der Waals surface area (Å²) in [5.41, 5.74) is 1.26. The molecule has 0 bridgehead atoms. The number of hydrogen-bond donors (Lipinski definition) is 0. The van der Waals surface area contributed by atoms with Gasteiger partial charge in [-0.05, 0) is 43.9 Å². The van der Waals surface area contributed by atoms with Crippen LogP contribution in [0, 0.1) is 0 Å². The summed E-state index contributed by atoms with van der Waals surface area (Å²) in [5, 5.41) is 0.786. The fraction of sp³-hybridized carbons (Fsp3) is 0.500. The highest BCUT2D eigenvalue weighted by Crippen LogP contribution is 2.13. The maximum absolute atomic E-state index is 11.1. The fourth-order valence-electron chi connectivity index (χ4n) is 1.70. The van der Waals surface area contributed by atoms with Crippen LogP contribution in [0.5, 0.6) is 0 Å². The molecule has 0 aromatic heterocycles. The summed E-state index contributed by atoms with van der Waals surface area (Å²) in [6.45, 7) is 2.30. The second-order valence-electron chi connectivity index (χ2n) is 4.00. The summed E-state index contributed by atoms with van der Waals surface area (Å²) in [6, 6.07) is 7.92. The van der Waals surface area contributed by atoms with Gasteiger partial charge < -0.3 is 4.74 Å². The van der Waals surface area contributed by atoms with Gasteiger partial charge in [0.15, 0.2) is 0 Å². The minimum Gasteiger partial charge on any atom is -0.466 e. The lowest BCUT2D eigenvalue weighted by Gasteiger charge is -2.03. The third kappa shape index (κ3) is 6.32. The number of benzene rings is 1. The molecule has 0 radical (unpaired) electrons. The lowest BCUT2D eigenvalue weighted by molar-refractivity contribution is -0.143. The molecule has 0 unspecified atom stereocenters. The molecule has 1 aromatic rings. The summed E-state index contributed by atoms with van der Waals surface area (Å²) in [4.78, 5) is 11.1. The van der Waals surface area contributed by atoms with Gasteiger partial charge in [-0.25, -0.2) is 0 Å². The second-order valence-corrected chi connectivity index (χ2v) is 4.43. The van der Waals surface area contributed by atoms with E-state index in [0.717, 1.165) is 30.7 Å². The van der Waals surface area contributed by atoms with E-state index in [1.54, 1.807) is 0 Å². The van der Waals surface area contributed by atoms with Crippen molar-refractivity contribution in [2.24, 2.45) is 0 Å². The van der Waals surface area contributed by atoms with Crippen molar-refractivity contribution in [1.82, 2.24) is 0 Å². The summed E-state index contributed by atoms with van der Waals surface area (Å²) in [6.07, 6.45) is 4.58. The Hall–Kier alpha value is -1.02. The third-order valence-corrected chi connectivity index (χ3v) is 2.78. The SMILES string of the molecule is CCOC(=O)CCCCCc1cccc(Cl)c1. The predicted molar refractivity (Wildman–Crippen MR) is 70.3 cm³/mol. The highest BCUT2D eigenvalue weighted by Gasteiger charge is 2.01. The molecule has 0 saturated carbocycles. The van der Waals surface area contributed by atoms with Crippen molar-refractivity contribution < 1.29 is 9.53 Å². The molecule has 0 aliphatic rings. The number of aryl methyl sites for hydroxylation is 1. The predicted octanol–water partition coefficient (Wildman–Crippen LogP) is 4.01. The zero-order valence-corrected chi connectivity index (χ0v) is 11.0. The van der Waals surface area contributed by atoms with Crippen LogP contribution in [-0.4, -0.2) is 12.6 Å². The van der Waals surface area contributed by atoms with Crippen LogP contribution in [0.4, 0.5) is 0 Å². The number of carbonyl (C=O) groups is 1. The Kier molecular flexibility index (Phi) is 6.71. The molecule has 0 atom stereocenters. The van der Waals surface area contributed by atoms with Crippen LogP contribution in [0.2, 0.25) is 5.02 Å². The molecule has 94 valence electrons. The Morgan fingerprint density at radius 2 is 2.12 bits per heavy atom. The first-order valence-electron chi connectivity index (χ1n) is 6.12. The molecule has 1 rings (SSSR count). The Labute approximate surface area is 108 Å². The van der Waals surface area contributed by atoms with Gasteiger partial charge in [0.05, 0.1) is 6.61 Å². The highest BCUT2D eigenvalue weighted by molar-refractivity contribution is 6.30. The number of rotatable bonds is 7.